The van der Waals surface area contributed by atoms with Crippen LogP contribution >= 0.6 is 0 Å². The van der Waals surface area contributed by atoms with Crippen LogP contribution in [0.15, 0.2) is 24.3 Å². The van der Waals surface area contributed by atoms with Crippen molar-refractivity contribution in [3.63, 3.8) is 0 Å². The van der Waals surface area contributed by atoms with E-state index in [9.17, 15) is 9.59 Å². The van der Waals surface area contributed by atoms with Gasteiger partial charge in [0.2, 0.25) is 0 Å². The number of ether oxygens (including phenoxy) is 1. The van der Waals surface area contributed by atoms with Crippen molar-refractivity contribution in [2.75, 3.05) is 19.8 Å². The number of carbonyl (C=O) groups excluding carboxylic acids is 2. The van der Waals surface area contributed by atoms with Crippen LogP contribution in [0.1, 0.15) is 49.0 Å². The molecule has 23 heavy (non-hydrogen) atoms. The summed E-state index contributed by atoms with van der Waals surface area (Å²) in [5, 5.41) is 11.9. The highest BCUT2D eigenvalue weighted by molar-refractivity contribution is 6.01. The molecule has 0 aromatic heterocycles. The summed E-state index contributed by atoms with van der Waals surface area (Å²) in [5.74, 6) is -0.524. The maximum absolute atomic E-state index is 12.6. The molecule has 1 aromatic rings. The number of Topliss-reactive ketones (excluding diaryl/α,β-unsaturated/α-hetero) is 1. The lowest BCUT2D eigenvalue weighted by molar-refractivity contribution is -0.143. The summed E-state index contributed by atoms with van der Waals surface area (Å²) in [6.07, 6.45) is 2.56. The highest BCUT2D eigenvalue weighted by atomic mass is 16.5. The van der Waals surface area contributed by atoms with E-state index in [4.69, 9.17) is 9.84 Å². The van der Waals surface area contributed by atoms with Crippen LogP contribution in [-0.4, -0.2) is 42.7 Å². The number of nitrogens with one attached hydrogen (secondary N) is 1. The highest BCUT2D eigenvalue weighted by Gasteiger charge is 2.23. The number of aryl methyl sites for hydroxylation is 1. The molecule has 1 unspecified atom stereocenters. The Labute approximate surface area is 138 Å². The maximum Gasteiger partial charge on any atom is 0.307 e. The van der Waals surface area contributed by atoms with Crippen molar-refractivity contribution in [2.45, 2.75) is 45.6 Å². The second-order valence-corrected chi connectivity index (χ2v) is 5.40. The fourth-order valence-electron chi connectivity index (χ4n) is 2.33. The van der Waals surface area contributed by atoms with E-state index >= 15 is 0 Å². The average Bonchev–Trinajstić information content (AvgIpc) is 2.55. The molecule has 0 saturated heterocycles. The molecule has 0 bridgehead atoms. The molecule has 1 atom stereocenters. The third-order valence-corrected chi connectivity index (χ3v) is 3.50. The lowest BCUT2D eigenvalue weighted by Crippen LogP contribution is -2.39. The second-order valence-electron chi connectivity index (χ2n) is 5.40. The molecule has 1 aromatic carbocycles. The number of hydrogen-bond acceptors (Lipinski definition) is 5. The molecule has 0 spiro atoms. The quantitative estimate of drug-likeness (QED) is 0.371. The van der Waals surface area contributed by atoms with E-state index in [2.05, 4.69) is 12.2 Å². The first-order valence-electron chi connectivity index (χ1n) is 8.25. The van der Waals surface area contributed by atoms with Crippen molar-refractivity contribution in [1.82, 2.24) is 5.32 Å². The molecule has 0 aliphatic carbocycles. The molecule has 0 aliphatic heterocycles. The van der Waals surface area contributed by atoms with Gasteiger partial charge in [0.1, 0.15) is 0 Å². The van der Waals surface area contributed by atoms with Crippen molar-refractivity contribution < 1.29 is 19.4 Å². The zero-order valence-electron chi connectivity index (χ0n) is 14.0. The van der Waals surface area contributed by atoms with Gasteiger partial charge in [0.15, 0.2) is 5.78 Å². The van der Waals surface area contributed by atoms with E-state index in [1.807, 2.05) is 12.1 Å². The van der Waals surface area contributed by atoms with Gasteiger partial charge >= 0.3 is 5.97 Å². The van der Waals surface area contributed by atoms with Crippen molar-refractivity contribution in [3.05, 3.63) is 35.4 Å². The summed E-state index contributed by atoms with van der Waals surface area (Å²) >= 11 is 0. The Morgan fingerprint density at radius 3 is 2.48 bits per heavy atom. The van der Waals surface area contributed by atoms with Gasteiger partial charge in [-0.1, -0.05) is 37.6 Å². The van der Waals surface area contributed by atoms with Gasteiger partial charge in [-0.2, -0.15) is 0 Å². The van der Waals surface area contributed by atoms with Gasteiger partial charge in [-0.3, -0.25) is 9.59 Å². The van der Waals surface area contributed by atoms with E-state index in [-0.39, 0.29) is 18.8 Å². The lowest BCUT2D eigenvalue weighted by atomic mass is 9.99. The molecular weight excluding hydrogens is 294 g/mol. The van der Waals surface area contributed by atoms with Crippen molar-refractivity contribution in [3.8, 4) is 0 Å². The van der Waals surface area contributed by atoms with Crippen LogP contribution in [0.3, 0.4) is 0 Å². The van der Waals surface area contributed by atoms with Crippen LogP contribution in [0.25, 0.3) is 0 Å². The van der Waals surface area contributed by atoms with Crippen LogP contribution in [0.2, 0.25) is 0 Å². The van der Waals surface area contributed by atoms with E-state index in [0.717, 1.165) is 12.8 Å². The summed E-state index contributed by atoms with van der Waals surface area (Å²) in [5.41, 5.74) is 1.77. The summed E-state index contributed by atoms with van der Waals surface area (Å²) in [6.45, 7) is 4.65. The number of esters is 1. The third kappa shape index (κ3) is 6.93. The zero-order valence-corrected chi connectivity index (χ0v) is 14.0. The van der Waals surface area contributed by atoms with E-state index in [1.165, 1.54) is 5.56 Å². The topological polar surface area (TPSA) is 75.6 Å². The molecule has 128 valence electrons. The minimum atomic E-state index is -0.627. The summed E-state index contributed by atoms with van der Waals surface area (Å²) in [4.78, 5) is 24.3. The number of hydrogen-bond donors (Lipinski definition) is 2. The monoisotopic (exact) mass is 321 g/mol. The Balaban J connectivity index is 2.77. The molecule has 5 heteroatoms. The summed E-state index contributed by atoms with van der Waals surface area (Å²) in [7, 11) is 0. The van der Waals surface area contributed by atoms with Gasteiger partial charge in [-0.05, 0) is 31.9 Å². The molecule has 0 heterocycles. The molecule has 0 amide bonds. The number of aliphatic hydroxyl groups excluding tert-OH is 1. The normalized spacial score (nSPS) is 12.0. The molecule has 1 rings (SSSR count). The van der Waals surface area contributed by atoms with Gasteiger partial charge < -0.3 is 15.2 Å². The van der Waals surface area contributed by atoms with Crippen molar-refractivity contribution in [2.24, 2.45) is 0 Å². The third-order valence-electron chi connectivity index (χ3n) is 3.50. The average molecular weight is 321 g/mol. The van der Waals surface area contributed by atoms with Crippen LogP contribution in [0.5, 0.6) is 0 Å². The summed E-state index contributed by atoms with van der Waals surface area (Å²) in [6, 6.07) is 6.88. The molecule has 0 aliphatic rings. The first kappa shape index (κ1) is 19.3. The molecule has 5 nitrogen and oxygen atoms in total. The minimum absolute atomic E-state index is 0.00515. The fourth-order valence-corrected chi connectivity index (χ4v) is 2.33. The minimum Gasteiger partial charge on any atom is -0.466 e. The predicted molar refractivity (Wildman–Crippen MR) is 89.5 cm³/mol. The predicted octanol–water partition coefficient (Wildman–Crippen LogP) is 2.12. The highest BCUT2D eigenvalue weighted by Crippen LogP contribution is 2.11. The van der Waals surface area contributed by atoms with Crippen molar-refractivity contribution in [1.29, 1.82) is 0 Å². The van der Waals surface area contributed by atoms with Gasteiger partial charge in [0, 0.05) is 12.2 Å². The Kier molecular flexibility index (Phi) is 9.17. The number of benzene rings is 1. The molecular formula is C18H27NO4. The SMILES string of the molecule is CCCc1ccc(C(=O)C(CC(=O)OCC)NCCCO)cc1. The van der Waals surface area contributed by atoms with Crippen LogP contribution in [0, 0.1) is 0 Å². The van der Waals surface area contributed by atoms with Gasteiger partial charge in [0.25, 0.3) is 0 Å². The Morgan fingerprint density at radius 1 is 1.22 bits per heavy atom. The second kappa shape index (κ2) is 10.9. The van der Waals surface area contributed by atoms with Crippen LogP contribution in [-0.2, 0) is 16.0 Å². The van der Waals surface area contributed by atoms with Gasteiger partial charge in [0.05, 0.1) is 19.1 Å². The largest absolute Gasteiger partial charge is 0.466 e. The Bertz CT molecular complexity index is 484. The first-order chi connectivity index (χ1) is 11.1. The number of rotatable bonds is 11. The number of ketones is 1. The van der Waals surface area contributed by atoms with Crippen molar-refractivity contribution >= 4 is 11.8 Å². The molecule has 2 N–H and O–H groups in total. The zero-order chi connectivity index (χ0) is 17.1. The van der Waals surface area contributed by atoms with Gasteiger partial charge in [-0.25, -0.2) is 0 Å². The Hall–Kier alpha value is -1.72. The molecule has 0 radical (unpaired) electrons. The number of aliphatic hydroxyl groups is 1. The maximum atomic E-state index is 12.6. The van der Waals surface area contributed by atoms with Crippen LogP contribution < -0.4 is 5.32 Å². The van der Waals surface area contributed by atoms with Crippen LogP contribution in [0.4, 0.5) is 0 Å². The standard InChI is InChI=1S/C18H27NO4/c1-3-6-14-7-9-15(10-8-14)18(22)16(19-11-5-12-20)13-17(21)23-4-2/h7-10,16,19-20H,3-6,11-13H2,1-2H3. The summed E-state index contributed by atoms with van der Waals surface area (Å²) < 4.78 is 4.94. The van der Waals surface area contributed by atoms with E-state index < -0.39 is 12.0 Å². The van der Waals surface area contributed by atoms with Gasteiger partial charge in [-0.15, -0.1) is 0 Å². The fraction of sp³-hybridized carbons (Fsp3) is 0.556. The molecule has 0 saturated carbocycles. The van der Waals surface area contributed by atoms with E-state index in [0.29, 0.717) is 25.1 Å². The Morgan fingerprint density at radius 2 is 1.91 bits per heavy atom. The first-order valence-corrected chi connectivity index (χ1v) is 8.25. The lowest BCUT2D eigenvalue weighted by Gasteiger charge is -2.17. The number of carbonyl (C=O) groups is 2. The van der Waals surface area contributed by atoms with E-state index in [1.54, 1.807) is 19.1 Å². The molecule has 0 fully saturated rings. The smallest absolute Gasteiger partial charge is 0.307 e.